The number of carbonyl (C=O) groups excluding carboxylic acids is 1. The van der Waals surface area contributed by atoms with E-state index < -0.39 is 6.04 Å². The van der Waals surface area contributed by atoms with E-state index >= 15 is 0 Å². The van der Waals surface area contributed by atoms with Crippen molar-refractivity contribution in [2.45, 2.75) is 24.8 Å². The molecule has 3 heterocycles. The predicted octanol–water partition coefficient (Wildman–Crippen LogP) is 3.01. The number of ketones is 1. The van der Waals surface area contributed by atoms with Gasteiger partial charge in [0.25, 0.3) is 0 Å². The number of hydrogen-bond acceptors (Lipinski definition) is 6. The molecule has 0 radical (unpaired) electrons. The van der Waals surface area contributed by atoms with Crippen molar-refractivity contribution >= 4 is 17.7 Å². The van der Waals surface area contributed by atoms with Gasteiger partial charge in [0.15, 0.2) is 5.78 Å². The topological polar surface area (TPSA) is 99.0 Å². The van der Waals surface area contributed by atoms with Gasteiger partial charge in [-0.25, -0.2) is 9.07 Å². The maximum absolute atomic E-state index is 13.9. The van der Waals surface area contributed by atoms with E-state index in [-0.39, 0.29) is 23.5 Å². The normalized spacial score (nSPS) is 21.6. The summed E-state index contributed by atoms with van der Waals surface area (Å²) in [5, 5.41) is 7.42. The van der Waals surface area contributed by atoms with Gasteiger partial charge in [0, 0.05) is 23.6 Å². The van der Waals surface area contributed by atoms with E-state index in [2.05, 4.69) is 15.4 Å². The van der Waals surface area contributed by atoms with Crippen molar-refractivity contribution in [1.82, 2.24) is 14.8 Å². The highest BCUT2D eigenvalue weighted by atomic mass is 19.1. The lowest BCUT2D eigenvalue weighted by atomic mass is 9.79. The van der Waals surface area contributed by atoms with Crippen molar-refractivity contribution in [2.24, 2.45) is 0 Å². The molecule has 0 spiro atoms. The number of carbonyl (C=O) groups is 1. The number of halogens is 1. The minimum Gasteiger partial charge on any atom is -0.469 e. The highest BCUT2D eigenvalue weighted by Gasteiger charge is 2.40. The summed E-state index contributed by atoms with van der Waals surface area (Å²) < 4.78 is 20.9. The summed E-state index contributed by atoms with van der Waals surface area (Å²) in [5.41, 5.74) is 7.73. The standard InChI is InChI=1S/C19H16FN5O2/c20-12-4-1-3-10(7-12)17-16-13(22-19-23-18(21)24-25(17)19)8-11(9-14(16)26)15-5-2-6-27-15/h1-7,11,17H,8-9H2,(H3,21,22,23,24)/t11-,17-/m0/s1. The van der Waals surface area contributed by atoms with Gasteiger partial charge >= 0.3 is 0 Å². The zero-order valence-electron chi connectivity index (χ0n) is 14.2. The van der Waals surface area contributed by atoms with Crippen LogP contribution < -0.4 is 11.1 Å². The molecule has 0 bridgehead atoms. The van der Waals surface area contributed by atoms with E-state index in [9.17, 15) is 9.18 Å². The lowest BCUT2D eigenvalue weighted by molar-refractivity contribution is -0.117. The van der Waals surface area contributed by atoms with Crippen LogP contribution in [0.25, 0.3) is 0 Å². The van der Waals surface area contributed by atoms with Gasteiger partial charge in [0.05, 0.1) is 6.26 Å². The molecular weight excluding hydrogens is 349 g/mol. The maximum atomic E-state index is 13.9. The number of rotatable bonds is 2. The number of nitrogen functional groups attached to an aromatic ring is 1. The lowest BCUT2D eigenvalue weighted by Crippen LogP contribution is -2.33. The summed E-state index contributed by atoms with van der Waals surface area (Å²) in [4.78, 5) is 17.3. The summed E-state index contributed by atoms with van der Waals surface area (Å²) in [7, 11) is 0. The molecule has 3 aromatic rings. The quantitative estimate of drug-likeness (QED) is 0.724. The van der Waals surface area contributed by atoms with Crippen LogP contribution in [0.15, 0.2) is 58.3 Å². The summed E-state index contributed by atoms with van der Waals surface area (Å²) in [6, 6.07) is 9.28. The summed E-state index contributed by atoms with van der Waals surface area (Å²) >= 11 is 0. The molecule has 2 aliphatic rings. The van der Waals surface area contributed by atoms with E-state index in [0.717, 1.165) is 11.5 Å². The van der Waals surface area contributed by atoms with E-state index in [0.29, 0.717) is 29.9 Å². The Labute approximate surface area is 153 Å². The SMILES string of the molecule is Nc1nc2n(n1)[C@@H](c1cccc(F)c1)C1=C(C[C@H](c3ccco3)CC1=O)N2. The van der Waals surface area contributed by atoms with Crippen LogP contribution in [-0.4, -0.2) is 20.5 Å². The Morgan fingerprint density at radius 3 is 2.93 bits per heavy atom. The Morgan fingerprint density at radius 2 is 2.15 bits per heavy atom. The molecule has 0 saturated heterocycles. The van der Waals surface area contributed by atoms with Crippen LogP contribution in [0, 0.1) is 5.82 Å². The van der Waals surface area contributed by atoms with E-state index in [1.165, 1.54) is 12.1 Å². The van der Waals surface area contributed by atoms with Gasteiger partial charge in [0.2, 0.25) is 11.9 Å². The van der Waals surface area contributed by atoms with Crippen molar-refractivity contribution in [3.63, 3.8) is 0 Å². The number of Topliss-reactive ketones (excluding diaryl/α,β-unsaturated/α-hetero) is 1. The zero-order valence-corrected chi connectivity index (χ0v) is 14.2. The first-order valence-electron chi connectivity index (χ1n) is 8.64. The van der Waals surface area contributed by atoms with E-state index in [4.69, 9.17) is 10.2 Å². The highest BCUT2D eigenvalue weighted by molar-refractivity contribution is 6.00. The molecule has 1 aromatic carbocycles. The first-order valence-corrected chi connectivity index (χ1v) is 8.64. The average Bonchev–Trinajstić information content (AvgIpc) is 3.28. The third kappa shape index (κ3) is 2.52. The number of allylic oxidation sites excluding steroid dienone is 2. The summed E-state index contributed by atoms with van der Waals surface area (Å²) in [6.45, 7) is 0. The average molecular weight is 365 g/mol. The highest BCUT2D eigenvalue weighted by Crippen LogP contribution is 2.44. The molecule has 0 unspecified atom stereocenters. The second-order valence-electron chi connectivity index (χ2n) is 6.76. The molecule has 2 aromatic heterocycles. The number of anilines is 2. The number of benzene rings is 1. The van der Waals surface area contributed by atoms with Crippen molar-refractivity contribution in [1.29, 1.82) is 0 Å². The molecule has 5 rings (SSSR count). The summed E-state index contributed by atoms with van der Waals surface area (Å²) in [5.74, 6) is 0.838. The molecule has 1 aliphatic heterocycles. The fraction of sp³-hybridized carbons (Fsp3) is 0.211. The van der Waals surface area contributed by atoms with Gasteiger partial charge in [-0.05, 0) is 36.2 Å². The van der Waals surface area contributed by atoms with Gasteiger partial charge in [-0.1, -0.05) is 12.1 Å². The number of nitrogens with zero attached hydrogens (tertiary/aromatic N) is 3. The first-order chi connectivity index (χ1) is 13.1. The number of fused-ring (bicyclic) bond motifs is 1. The van der Waals surface area contributed by atoms with Crippen LogP contribution in [0.4, 0.5) is 16.3 Å². The molecule has 136 valence electrons. The van der Waals surface area contributed by atoms with Crippen molar-refractivity contribution < 1.29 is 13.6 Å². The number of aromatic nitrogens is 3. The summed E-state index contributed by atoms with van der Waals surface area (Å²) in [6.07, 6.45) is 2.51. The third-order valence-electron chi connectivity index (χ3n) is 5.05. The van der Waals surface area contributed by atoms with Gasteiger partial charge in [-0.2, -0.15) is 4.98 Å². The predicted molar refractivity (Wildman–Crippen MR) is 95.3 cm³/mol. The third-order valence-corrected chi connectivity index (χ3v) is 5.05. The molecule has 0 amide bonds. The number of nitrogens with two attached hydrogens (primary N) is 1. The van der Waals surface area contributed by atoms with Crippen LogP contribution in [-0.2, 0) is 4.79 Å². The van der Waals surface area contributed by atoms with Gasteiger partial charge in [-0.3, -0.25) is 4.79 Å². The molecule has 0 fully saturated rings. The molecule has 7 nitrogen and oxygen atoms in total. The number of nitrogens with one attached hydrogen (secondary N) is 1. The van der Waals surface area contributed by atoms with Crippen LogP contribution in [0.5, 0.6) is 0 Å². The Morgan fingerprint density at radius 1 is 1.26 bits per heavy atom. The minimum atomic E-state index is -0.568. The Kier molecular flexibility index (Phi) is 3.40. The van der Waals surface area contributed by atoms with E-state index in [1.807, 2.05) is 12.1 Å². The van der Waals surface area contributed by atoms with E-state index in [1.54, 1.807) is 23.1 Å². The van der Waals surface area contributed by atoms with Gasteiger partial charge in [0.1, 0.15) is 17.6 Å². The number of hydrogen-bond donors (Lipinski definition) is 2. The number of furan rings is 1. The molecule has 3 N–H and O–H groups in total. The smallest absolute Gasteiger partial charge is 0.241 e. The Balaban J connectivity index is 1.65. The molecule has 27 heavy (non-hydrogen) atoms. The largest absolute Gasteiger partial charge is 0.469 e. The molecule has 0 saturated carbocycles. The molecular formula is C19H16FN5O2. The van der Waals surface area contributed by atoms with Gasteiger partial charge < -0.3 is 15.5 Å². The fourth-order valence-corrected chi connectivity index (χ4v) is 3.94. The maximum Gasteiger partial charge on any atom is 0.241 e. The van der Waals surface area contributed by atoms with Crippen LogP contribution in [0.3, 0.4) is 0 Å². The van der Waals surface area contributed by atoms with Crippen molar-refractivity contribution in [2.75, 3.05) is 11.1 Å². The van der Waals surface area contributed by atoms with Gasteiger partial charge in [-0.15, -0.1) is 5.10 Å². The first kappa shape index (κ1) is 15.8. The van der Waals surface area contributed by atoms with Crippen molar-refractivity contribution in [3.8, 4) is 0 Å². The van der Waals surface area contributed by atoms with Crippen LogP contribution in [0.1, 0.15) is 36.1 Å². The monoisotopic (exact) mass is 365 g/mol. The fourth-order valence-electron chi connectivity index (χ4n) is 3.94. The molecule has 1 aliphatic carbocycles. The molecule has 8 heteroatoms. The second-order valence-corrected chi connectivity index (χ2v) is 6.76. The second kappa shape index (κ2) is 5.80. The Bertz CT molecular complexity index is 1070. The van der Waals surface area contributed by atoms with Crippen molar-refractivity contribution in [3.05, 3.63) is 71.1 Å². The minimum absolute atomic E-state index is 0.0286. The molecule has 2 atom stereocenters. The Hall–Kier alpha value is -3.42. The van der Waals surface area contributed by atoms with Crippen LogP contribution >= 0.6 is 0 Å². The zero-order chi connectivity index (χ0) is 18.5. The van der Waals surface area contributed by atoms with Crippen LogP contribution in [0.2, 0.25) is 0 Å². The lowest BCUT2D eigenvalue weighted by Gasteiger charge is -2.34.